The van der Waals surface area contributed by atoms with Crippen LogP contribution < -0.4 is 19.9 Å². The van der Waals surface area contributed by atoms with Gasteiger partial charge in [0, 0.05) is 22.6 Å². The van der Waals surface area contributed by atoms with Crippen molar-refractivity contribution in [3.05, 3.63) is 16.6 Å². The third-order valence-corrected chi connectivity index (χ3v) is 6.52. The second-order valence-electron chi connectivity index (χ2n) is 5.22. The Bertz CT molecular complexity index is 642. The van der Waals surface area contributed by atoms with Crippen molar-refractivity contribution >= 4 is 38.4 Å². The molecule has 0 spiro atoms. The molecular weight excluding hydrogens is 408 g/mol. The molecule has 0 saturated heterocycles. The number of rotatable bonds is 6. The third-order valence-electron chi connectivity index (χ3n) is 3.98. The Morgan fingerprint density at radius 1 is 1.22 bits per heavy atom. The second-order valence-corrected chi connectivity index (χ2v) is 7.73. The molecule has 0 fully saturated rings. The van der Waals surface area contributed by atoms with Crippen LogP contribution in [0.2, 0.25) is 0 Å². The van der Waals surface area contributed by atoms with Gasteiger partial charge in [-0.25, -0.2) is 13.1 Å². The zero-order valence-electron chi connectivity index (χ0n) is 13.1. The summed E-state index contributed by atoms with van der Waals surface area (Å²) in [6.45, 7) is 4.92. The fourth-order valence-corrected chi connectivity index (χ4v) is 4.91. The standard InChI is InChI=1S/C14H21BrN2O4S.ClH/c1-3-14(4-2,9-16)17-22(18,19)13-8-12-11(7-10(13)15)20-5-6-21-12;/h7-8,17H,3-6,9,16H2,1-2H3;1H. The van der Waals surface area contributed by atoms with Gasteiger partial charge in [0.05, 0.1) is 0 Å². The summed E-state index contributed by atoms with van der Waals surface area (Å²) in [6.07, 6.45) is 1.23. The molecule has 23 heavy (non-hydrogen) atoms. The van der Waals surface area contributed by atoms with Crippen LogP contribution in [0.25, 0.3) is 0 Å². The Morgan fingerprint density at radius 2 is 1.74 bits per heavy atom. The summed E-state index contributed by atoms with van der Waals surface area (Å²) in [5.41, 5.74) is 5.13. The Balaban J connectivity index is 0.00000264. The maximum absolute atomic E-state index is 12.7. The van der Waals surface area contributed by atoms with E-state index in [1.54, 1.807) is 6.07 Å². The molecule has 1 aromatic carbocycles. The van der Waals surface area contributed by atoms with E-state index in [1.807, 2.05) is 13.8 Å². The predicted octanol–water partition coefficient (Wildman–Crippen LogP) is 2.44. The lowest BCUT2D eigenvalue weighted by molar-refractivity contribution is 0.171. The van der Waals surface area contributed by atoms with Gasteiger partial charge in [-0.15, -0.1) is 12.4 Å². The highest BCUT2D eigenvalue weighted by Gasteiger charge is 2.32. The largest absolute Gasteiger partial charge is 0.486 e. The molecule has 1 aliphatic heterocycles. The number of nitrogens with one attached hydrogen (secondary N) is 1. The lowest BCUT2D eigenvalue weighted by atomic mass is 9.95. The molecule has 0 atom stereocenters. The van der Waals surface area contributed by atoms with Crippen molar-refractivity contribution in [3.63, 3.8) is 0 Å². The molecule has 0 unspecified atom stereocenters. The number of nitrogens with two attached hydrogens (primary N) is 1. The molecule has 9 heteroatoms. The van der Waals surface area contributed by atoms with Crippen LogP contribution >= 0.6 is 28.3 Å². The van der Waals surface area contributed by atoms with Crippen molar-refractivity contribution in [2.24, 2.45) is 5.73 Å². The number of hydrogen-bond donors (Lipinski definition) is 2. The predicted molar refractivity (Wildman–Crippen MR) is 95.1 cm³/mol. The van der Waals surface area contributed by atoms with Crippen LogP contribution in [0.1, 0.15) is 26.7 Å². The highest BCUT2D eigenvalue weighted by Crippen LogP contribution is 2.37. The van der Waals surface area contributed by atoms with Crippen molar-refractivity contribution in [2.45, 2.75) is 37.1 Å². The summed E-state index contributed by atoms with van der Waals surface area (Å²) in [6, 6.07) is 3.10. The maximum Gasteiger partial charge on any atom is 0.242 e. The average Bonchev–Trinajstić information content (AvgIpc) is 2.52. The summed E-state index contributed by atoms with van der Waals surface area (Å²) in [5, 5.41) is 0. The first kappa shape index (κ1) is 20.5. The molecule has 0 aliphatic carbocycles. The van der Waals surface area contributed by atoms with Crippen molar-refractivity contribution in [1.29, 1.82) is 0 Å². The van der Waals surface area contributed by atoms with Gasteiger partial charge in [0.15, 0.2) is 11.5 Å². The van der Waals surface area contributed by atoms with Gasteiger partial charge >= 0.3 is 0 Å². The summed E-state index contributed by atoms with van der Waals surface area (Å²) >= 11 is 3.30. The highest BCUT2D eigenvalue weighted by atomic mass is 79.9. The van der Waals surface area contributed by atoms with Crippen LogP contribution in [0.3, 0.4) is 0 Å². The number of halogens is 2. The van der Waals surface area contributed by atoms with Crippen molar-refractivity contribution < 1.29 is 17.9 Å². The molecule has 0 amide bonds. The van der Waals surface area contributed by atoms with Crippen LogP contribution in [-0.4, -0.2) is 33.7 Å². The quantitative estimate of drug-likeness (QED) is 0.725. The number of benzene rings is 1. The minimum atomic E-state index is -3.73. The summed E-state index contributed by atoms with van der Waals surface area (Å²) < 4.78 is 39.6. The van der Waals surface area contributed by atoms with E-state index in [1.165, 1.54) is 6.07 Å². The zero-order chi connectivity index (χ0) is 16.4. The lowest BCUT2D eigenvalue weighted by Crippen LogP contribution is -2.52. The van der Waals surface area contributed by atoms with E-state index in [0.29, 0.717) is 42.0 Å². The third kappa shape index (κ3) is 4.30. The van der Waals surface area contributed by atoms with Gasteiger partial charge in [-0.2, -0.15) is 0 Å². The first-order chi connectivity index (χ1) is 10.4. The van der Waals surface area contributed by atoms with E-state index in [9.17, 15) is 8.42 Å². The smallest absolute Gasteiger partial charge is 0.242 e. The molecule has 1 aliphatic rings. The van der Waals surface area contributed by atoms with Crippen LogP contribution in [0, 0.1) is 0 Å². The van der Waals surface area contributed by atoms with Crippen LogP contribution in [-0.2, 0) is 10.0 Å². The van der Waals surface area contributed by atoms with Gasteiger partial charge in [-0.3, -0.25) is 0 Å². The van der Waals surface area contributed by atoms with E-state index >= 15 is 0 Å². The monoisotopic (exact) mass is 428 g/mol. The number of fused-ring (bicyclic) bond motifs is 1. The van der Waals surface area contributed by atoms with Crippen molar-refractivity contribution in [3.8, 4) is 11.5 Å². The Labute approximate surface area is 151 Å². The molecule has 6 nitrogen and oxygen atoms in total. The molecule has 0 radical (unpaired) electrons. The summed E-state index contributed by atoms with van der Waals surface area (Å²) in [4.78, 5) is 0.122. The van der Waals surface area contributed by atoms with Crippen LogP contribution in [0.4, 0.5) is 0 Å². The van der Waals surface area contributed by atoms with E-state index in [4.69, 9.17) is 15.2 Å². The second kappa shape index (κ2) is 8.02. The van der Waals surface area contributed by atoms with E-state index in [0.717, 1.165) is 0 Å². The van der Waals surface area contributed by atoms with Crippen molar-refractivity contribution in [2.75, 3.05) is 19.8 Å². The number of hydrogen-bond acceptors (Lipinski definition) is 5. The van der Waals surface area contributed by atoms with Crippen molar-refractivity contribution in [1.82, 2.24) is 4.72 Å². The van der Waals surface area contributed by atoms with Gasteiger partial charge in [0.2, 0.25) is 10.0 Å². The molecule has 0 bridgehead atoms. The van der Waals surface area contributed by atoms with Gasteiger partial charge in [0.25, 0.3) is 0 Å². The molecular formula is C14H22BrClN2O4S. The number of ether oxygens (including phenoxy) is 2. The minimum Gasteiger partial charge on any atom is -0.486 e. The minimum absolute atomic E-state index is 0. The molecule has 2 rings (SSSR count). The number of sulfonamides is 1. The van der Waals surface area contributed by atoms with Gasteiger partial charge in [-0.05, 0) is 34.8 Å². The highest BCUT2D eigenvalue weighted by molar-refractivity contribution is 9.10. The van der Waals surface area contributed by atoms with Gasteiger partial charge < -0.3 is 15.2 Å². The molecule has 0 aromatic heterocycles. The van der Waals surface area contributed by atoms with Crippen LogP contribution in [0.5, 0.6) is 11.5 Å². The topological polar surface area (TPSA) is 90.7 Å². The van der Waals surface area contributed by atoms with E-state index in [2.05, 4.69) is 20.7 Å². The molecule has 132 valence electrons. The van der Waals surface area contributed by atoms with Gasteiger partial charge in [0.1, 0.15) is 18.1 Å². The fraction of sp³-hybridized carbons (Fsp3) is 0.571. The first-order valence-corrected chi connectivity index (χ1v) is 9.48. The molecule has 1 aromatic rings. The summed E-state index contributed by atoms with van der Waals surface area (Å²) in [5.74, 6) is 0.967. The molecule has 1 heterocycles. The Morgan fingerprint density at radius 3 is 2.22 bits per heavy atom. The fourth-order valence-electron chi connectivity index (χ4n) is 2.32. The lowest BCUT2D eigenvalue weighted by Gasteiger charge is -2.31. The van der Waals surface area contributed by atoms with Gasteiger partial charge in [-0.1, -0.05) is 13.8 Å². The molecule has 3 N–H and O–H groups in total. The maximum atomic E-state index is 12.7. The van der Waals surface area contributed by atoms with E-state index < -0.39 is 15.6 Å². The van der Waals surface area contributed by atoms with Crippen LogP contribution in [0.15, 0.2) is 21.5 Å². The first-order valence-electron chi connectivity index (χ1n) is 7.20. The Kier molecular flexibility index (Phi) is 7.15. The normalized spacial score (nSPS) is 14.3. The SMILES string of the molecule is CCC(CC)(CN)NS(=O)(=O)c1cc2c(cc1Br)OCCO2.Cl. The zero-order valence-corrected chi connectivity index (χ0v) is 16.3. The summed E-state index contributed by atoms with van der Waals surface area (Å²) in [7, 11) is -3.73. The Hall–Kier alpha value is -0.540. The van der Waals surface area contributed by atoms with E-state index in [-0.39, 0.29) is 23.8 Å². The molecule has 0 saturated carbocycles. The average molecular weight is 430 g/mol.